The summed E-state index contributed by atoms with van der Waals surface area (Å²) in [6.07, 6.45) is 3.88. The van der Waals surface area contributed by atoms with Crippen molar-refractivity contribution in [3.8, 4) is 0 Å². The first-order valence-electron chi connectivity index (χ1n) is 8.62. The van der Waals surface area contributed by atoms with Crippen LogP contribution in [0, 0.1) is 5.92 Å². The third-order valence-electron chi connectivity index (χ3n) is 4.96. The Bertz CT molecular complexity index is 679. The number of sulfonamides is 1. The molecule has 1 aliphatic carbocycles. The van der Waals surface area contributed by atoms with E-state index in [1.165, 1.54) is 6.07 Å². The van der Waals surface area contributed by atoms with Gasteiger partial charge in [-0.15, -0.1) is 0 Å². The minimum Gasteiger partial charge on any atom is -0.339 e. The standard InChI is InChI=1S/C18H28N2O3S/c1-13(2)14(3)20(4)18(21)15-8-7-11-17(12-15)24(22,23)19-16-9-5-6-10-16/h7-8,11-14,16,19H,5-6,9-10H2,1-4H3/t14-/m0/s1. The van der Waals surface area contributed by atoms with E-state index in [4.69, 9.17) is 0 Å². The molecule has 0 aliphatic heterocycles. The molecule has 0 bridgehead atoms. The molecule has 1 atom stereocenters. The fraction of sp³-hybridized carbons (Fsp3) is 0.611. The van der Waals surface area contributed by atoms with Gasteiger partial charge in [0.2, 0.25) is 10.0 Å². The van der Waals surface area contributed by atoms with Crippen LogP contribution in [0.2, 0.25) is 0 Å². The molecule has 5 nitrogen and oxygen atoms in total. The molecular weight excluding hydrogens is 324 g/mol. The topological polar surface area (TPSA) is 66.5 Å². The Labute approximate surface area is 145 Å². The fourth-order valence-electron chi connectivity index (χ4n) is 2.96. The van der Waals surface area contributed by atoms with Crippen molar-refractivity contribution < 1.29 is 13.2 Å². The Hall–Kier alpha value is -1.40. The lowest BCUT2D eigenvalue weighted by Crippen LogP contribution is -2.38. The van der Waals surface area contributed by atoms with Gasteiger partial charge in [-0.05, 0) is 43.9 Å². The van der Waals surface area contributed by atoms with Crippen LogP contribution in [-0.4, -0.2) is 38.4 Å². The highest BCUT2D eigenvalue weighted by atomic mass is 32.2. The van der Waals surface area contributed by atoms with Crippen molar-refractivity contribution in [1.82, 2.24) is 9.62 Å². The minimum atomic E-state index is -3.58. The zero-order valence-electron chi connectivity index (χ0n) is 15.0. The molecule has 0 heterocycles. The third kappa shape index (κ3) is 4.36. The summed E-state index contributed by atoms with van der Waals surface area (Å²) in [6.45, 7) is 6.10. The number of nitrogens with one attached hydrogen (secondary N) is 1. The van der Waals surface area contributed by atoms with Crippen LogP contribution >= 0.6 is 0 Å². The van der Waals surface area contributed by atoms with E-state index in [0.29, 0.717) is 11.5 Å². The normalized spacial score (nSPS) is 17.2. The maximum absolute atomic E-state index is 12.6. The second-order valence-corrected chi connectivity index (χ2v) is 8.75. The smallest absolute Gasteiger partial charge is 0.253 e. The number of carbonyl (C=O) groups excluding carboxylic acids is 1. The van der Waals surface area contributed by atoms with E-state index in [9.17, 15) is 13.2 Å². The summed E-state index contributed by atoms with van der Waals surface area (Å²) in [5.74, 6) is 0.170. The lowest BCUT2D eigenvalue weighted by molar-refractivity contribution is 0.0707. The lowest BCUT2D eigenvalue weighted by atomic mass is 10.0. The van der Waals surface area contributed by atoms with Crippen molar-refractivity contribution >= 4 is 15.9 Å². The molecule has 0 unspecified atom stereocenters. The van der Waals surface area contributed by atoms with Crippen molar-refractivity contribution in [3.05, 3.63) is 29.8 Å². The van der Waals surface area contributed by atoms with Gasteiger partial charge in [0, 0.05) is 24.7 Å². The van der Waals surface area contributed by atoms with Crippen LogP contribution in [-0.2, 0) is 10.0 Å². The summed E-state index contributed by atoms with van der Waals surface area (Å²) in [5, 5.41) is 0. The first kappa shape index (κ1) is 18.9. The Balaban J connectivity index is 2.20. The molecule has 134 valence electrons. The molecule has 2 rings (SSSR count). The Morgan fingerprint density at radius 1 is 1.21 bits per heavy atom. The van der Waals surface area contributed by atoms with Gasteiger partial charge in [-0.2, -0.15) is 0 Å². The SMILES string of the molecule is CC(C)[C@H](C)N(C)C(=O)c1cccc(S(=O)(=O)NC2CCCC2)c1. The van der Waals surface area contributed by atoms with Gasteiger partial charge in [0.15, 0.2) is 0 Å². The molecule has 24 heavy (non-hydrogen) atoms. The fourth-order valence-corrected chi connectivity index (χ4v) is 4.31. The van der Waals surface area contributed by atoms with Gasteiger partial charge in [-0.25, -0.2) is 13.1 Å². The number of hydrogen-bond acceptors (Lipinski definition) is 3. The van der Waals surface area contributed by atoms with Gasteiger partial charge in [0.1, 0.15) is 0 Å². The first-order chi connectivity index (χ1) is 11.2. The molecule has 1 aliphatic rings. The van der Waals surface area contributed by atoms with E-state index in [2.05, 4.69) is 18.6 Å². The zero-order chi connectivity index (χ0) is 17.9. The number of rotatable bonds is 6. The van der Waals surface area contributed by atoms with E-state index in [0.717, 1.165) is 25.7 Å². The number of amides is 1. The Morgan fingerprint density at radius 2 is 1.83 bits per heavy atom. The number of nitrogens with zero attached hydrogens (tertiary/aromatic N) is 1. The zero-order valence-corrected chi connectivity index (χ0v) is 15.8. The van der Waals surface area contributed by atoms with Crippen LogP contribution < -0.4 is 4.72 Å². The predicted octanol–water partition coefficient (Wildman–Crippen LogP) is 3.02. The second-order valence-electron chi connectivity index (χ2n) is 7.03. The van der Waals surface area contributed by atoms with Crippen LogP contribution in [0.15, 0.2) is 29.2 Å². The summed E-state index contributed by atoms with van der Waals surface area (Å²) in [7, 11) is -1.83. The van der Waals surface area contributed by atoms with Gasteiger partial charge in [-0.3, -0.25) is 4.79 Å². The van der Waals surface area contributed by atoms with E-state index in [1.54, 1.807) is 30.1 Å². The Morgan fingerprint density at radius 3 is 2.42 bits per heavy atom. The molecule has 1 fully saturated rings. The number of benzene rings is 1. The van der Waals surface area contributed by atoms with Crippen LogP contribution in [0.4, 0.5) is 0 Å². The molecule has 1 aromatic rings. The van der Waals surface area contributed by atoms with Crippen LogP contribution in [0.5, 0.6) is 0 Å². The molecule has 1 saturated carbocycles. The summed E-state index contributed by atoms with van der Waals surface area (Å²) in [6, 6.07) is 6.40. The summed E-state index contributed by atoms with van der Waals surface area (Å²) >= 11 is 0. The lowest BCUT2D eigenvalue weighted by Gasteiger charge is -2.28. The average molecular weight is 353 g/mol. The molecule has 6 heteroatoms. The molecule has 1 aromatic carbocycles. The predicted molar refractivity (Wildman–Crippen MR) is 95.4 cm³/mol. The quantitative estimate of drug-likeness (QED) is 0.856. The largest absolute Gasteiger partial charge is 0.339 e. The summed E-state index contributed by atoms with van der Waals surface area (Å²) in [4.78, 5) is 14.5. The van der Waals surface area contributed by atoms with E-state index >= 15 is 0 Å². The van der Waals surface area contributed by atoms with Gasteiger partial charge in [-0.1, -0.05) is 32.8 Å². The molecule has 0 spiro atoms. The van der Waals surface area contributed by atoms with Crippen molar-refractivity contribution in [1.29, 1.82) is 0 Å². The van der Waals surface area contributed by atoms with Gasteiger partial charge >= 0.3 is 0 Å². The highest BCUT2D eigenvalue weighted by molar-refractivity contribution is 7.89. The molecular formula is C18H28N2O3S. The van der Waals surface area contributed by atoms with E-state index in [1.807, 2.05) is 6.92 Å². The van der Waals surface area contributed by atoms with Crippen LogP contribution in [0.1, 0.15) is 56.8 Å². The molecule has 0 aromatic heterocycles. The second kappa shape index (κ2) is 7.66. The third-order valence-corrected chi connectivity index (χ3v) is 6.48. The van der Waals surface area contributed by atoms with Crippen molar-refractivity contribution in [2.24, 2.45) is 5.92 Å². The maximum atomic E-state index is 12.6. The van der Waals surface area contributed by atoms with E-state index < -0.39 is 10.0 Å². The van der Waals surface area contributed by atoms with Crippen molar-refractivity contribution in [3.63, 3.8) is 0 Å². The van der Waals surface area contributed by atoms with Gasteiger partial charge in [0.25, 0.3) is 5.91 Å². The average Bonchev–Trinajstić information content (AvgIpc) is 3.05. The molecule has 0 saturated heterocycles. The maximum Gasteiger partial charge on any atom is 0.253 e. The highest BCUT2D eigenvalue weighted by Crippen LogP contribution is 2.21. The molecule has 0 radical (unpaired) electrons. The van der Waals surface area contributed by atoms with Crippen LogP contribution in [0.25, 0.3) is 0 Å². The Kier molecular flexibility index (Phi) is 6.04. The van der Waals surface area contributed by atoms with Crippen LogP contribution in [0.3, 0.4) is 0 Å². The highest BCUT2D eigenvalue weighted by Gasteiger charge is 2.25. The molecule has 1 N–H and O–H groups in total. The van der Waals surface area contributed by atoms with Gasteiger partial charge < -0.3 is 4.90 Å². The number of hydrogen-bond donors (Lipinski definition) is 1. The minimum absolute atomic E-state index is 0.0120. The van der Waals surface area contributed by atoms with Gasteiger partial charge in [0.05, 0.1) is 4.90 Å². The monoisotopic (exact) mass is 352 g/mol. The van der Waals surface area contributed by atoms with E-state index in [-0.39, 0.29) is 22.9 Å². The van der Waals surface area contributed by atoms with Crippen molar-refractivity contribution in [2.45, 2.75) is 63.4 Å². The summed E-state index contributed by atoms with van der Waals surface area (Å²) in [5.41, 5.74) is 0.402. The number of carbonyl (C=O) groups is 1. The van der Waals surface area contributed by atoms with Crippen molar-refractivity contribution in [2.75, 3.05) is 7.05 Å². The molecule has 1 amide bonds. The first-order valence-corrected chi connectivity index (χ1v) is 10.1. The summed E-state index contributed by atoms with van der Waals surface area (Å²) < 4.78 is 27.8.